The molecule has 0 spiro atoms. The van der Waals surface area contributed by atoms with Gasteiger partial charge in [0.1, 0.15) is 5.75 Å². The molecule has 1 amide bonds. The minimum atomic E-state index is -0.228. The van der Waals surface area contributed by atoms with Crippen molar-refractivity contribution in [3.05, 3.63) is 59.5 Å². The number of aromatic hydroxyl groups is 1. The van der Waals surface area contributed by atoms with E-state index < -0.39 is 0 Å². The van der Waals surface area contributed by atoms with E-state index in [1.165, 1.54) is 0 Å². The van der Waals surface area contributed by atoms with Gasteiger partial charge in [-0.3, -0.25) is 4.79 Å². The summed E-state index contributed by atoms with van der Waals surface area (Å²) in [7, 11) is 0. The van der Waals surface area contributed by atoms with Crippen LogP contribution in [0.3, 0.4) is 0 Å². The number of anilines is 1. The first kappa shape index (κ1) is 16.7. The highest BCUT2D eigenvalue weighted by molar-refractivity contribution is 5.92. The molecular formula is C19H19N3O3. The maximum absolute atomic E-state index is 12.0. The average molecular weight is 337 g/mol. The Morgan fingerprint density at radius 2 is 1.84 bits per heavy atom. The van der Waals surface area contributed by atoms with Crippen molar-refractivity contribution in [2.45, 2.75) is 26.7 Å². The van der Waals surface area contributed by atoms with Gasteiger partial charge in [-0.1, -0.05) is 41.1 Å². The quantitative estimate of drug-likeness (QED) is 0.694. The van der Waals surface area contributed by atoms with Gasteiger partial charge in [0.25, 0.3) is 0 Å². The Bertz CT molecular complexity index is 885. The van der Waals surface area contributed by atoms with E-state index >= 15 is 0 Å². The van der Waals surface area contributed by atoms with Crippen molar-refractivity contribution < 1.29 is 14.4 Å². The summed E-state index contributed by atoms with van der Waals surface area (Å²) in [6.45, 7) is 3.88. The van der Waals surface area contributed by atoms with Gasteiger partial charge in [-0.15, -0.1) is 0 Å². The number of rotatable bonds is 5. The highest BCUT2D eigenvalue weighted by Gasteiger charge is 2.12. The molecule has 128 valence electrons. The normalized spacial score (nSPS) is 10.6. The number of benzene rings is 2. The van der Waals surface area contributed by atoms with Crippen molar-refractivity contribution in [2.24, 2.45) is 0 Å². The predicted molar refractivity (Wildman–Crippen MR) is 94.3 cm³/mol. The van der Waals surface area contributed by atoms with Crippen LogP contribution in [-0.4, -0.2) is 21.2 Å². The van der Waals surface area contributed by atoms with Crippen LogP contribution in [0.25, 0.3) is 11.4 Å². The van der Waals surface area contributed by atoms with Crippen molar-refractivity contribution in [3.8, 4) is 17.1 Å². The van der Waals surface area contributed by atoms with Crippen LogP contribution in [0.4, 0.5) is 5.69 Å². The second-order valence-corrected chi connectivity index (χ2v) is 5.95. The largest absolute Gasteiger partial charge is 0.506 e. The number of nitrogens with one attached hydrogen (secondary N) is 1. The molecule has 0 aliphatic rings. The third-order valence-electron chi connectivity index (χ3n) is 3.77. The van der Waals surface area contributed by atoms with E-state index in [2.05, 4.69) is 15.5 Å². The van der Waals surface area contributed by atoms with Crippen LogP contribution >= 0.6 is 0 Å². The molecule has 0 aliphatic carbocycles. The molecule has 0 radical (unpaired) electrons. The fourth-order valence-corrected chi connectivity index (χ4v) is 2.36. The van der Waals surface area contributed by atoms with Gasteiger partial charge in [-0.25, -0.2) is 0 Å². The molecule has 0 saturated heterocycles. The van der Waals surface area contributed by atoms with Crippen LogP contribution in [-0.2, 0) is 11.2 Å². The smallest absolute Gasteiger partial charge is 0.227 e. The highest BCUT2D eigenvalue weighted by Crippen LogP contribution is 2.24. The molecule has 2 N–H and O–H groups in total. The monoisotopic (exact) mass is 337 g/mol. The van der Waals surface area contributed by atoms with Crippen molar-refractivity contribution >= 4 is 11.6 Å². The Balaban J connectivity index is 1.58. The number of hydrogen-bond donors (Lipinski definition) is 2. The summed E-state index contributed by atoms with van der Waals surface area (Å²) in [5.41, 5.74) is 3.34. The summed E-state index contributed by atoms with van der Waals surface area (Å²) >= 11 is 0. The molecule has 25 heavy (non-hydrogen) atoms. The van der Waals surface area contributed by atoms with E-state index in [-0.39, 0.29) is 18.1 Å². The summed E-state index contributed by atoms with van der Waals surface area (Å²) in [5.74, 6) is 0.729. The molecule has 3 rings (SSSR count). The Morgan fingerprint density at radius 1 is 1.12 bits per heavy atom. The highest BCUT2D eigenvalue weighted by atomic mass is 16.5. The summed E-state index contributed by atoms with van der Waals surface area (Å²) in [4.78, 5) is 16.3. The minimum Gasteiger partial charge on any atom is -0.506 e. The van der Waals surface area contributed by atoms with Gasteiger partial charge in [-0.2, -0.15) is 4.98 Å². The van der Waals surface area contributed by atoms with E-state index in [4.69, 9.17) is 4.52 Å². The number of nitrogens with zero attached hydrogens (tertiary/aromatic N) is 2. The van der Waals surface area contributed by atoms with Crippen molar-refractivity contribution in [3.63, 3.8) is 0 Å². The van der Waals surface area contributed by atoms with Gasteiger partial charge in [0.2, 0.25) is 17.6 Å². The van der Waals surface area contributed by atoms with E-state index in [0.29, 0.717) is 23.8 Å². The number of phenolic OH excluding ortho intramolecular Hbond substituents is 1. The lowest BCUT2D eigenvalue weighted by molar-refractivity contribution is -0.116. The molecule has 1 aromatic heterocycles. The number of aryl methyl sites for hydroxylation is 3. The lowest BCUT2D eigenvalue weighted by atomic mass is 10.1. The number of phenols is 1. The number of carbonyl (C=O) groups excluding carboxylic acids is 1. The van der Waals surface area contributed by atoms with Gasteiger partial charge < -0.3 is 14.9 Å². The molecule has 0 atom stereocenters. The molecular weight excluding hydrogens is 318 g/mol. The fourth-order valence-electron chi connectivity index (χ4n) is 2.36. The summed E-state index contributed by atoms with van der Waals surface area (Å²) in [5, 5.41) is 16.4. The molecule has 0 unspecified atom stereocenters. The molecule has 0 aliphatic heterocycles. The summed E-state index contributed by atoms with van der Waals surface area (Å²) < 4.78 is 5.20. The zero-order chi connectivity index (χ0) is 17.8. The van der Waals surface area contributed by atoms with Crippen LogP contribution in [0, 0.1) is 13.8 Å². The SMILES string of the molecule is Cc1ccc(-c2noc(CCC(=O)Nc3ccc(C)cc3O)n2)cc1. The lowest BCUT2D eigenvalue weighted by Gasteiger charge is -2.07. The van der Waals surface area contributed by atoms with Crippen molar-refractivity contribution in [1.82, 2.24) is 10.1 Å². The standard InChI is InChI=1S/C19H19N3O3/c1-12-3-6-14(7-4-12)19-21-18(25-22-19)10-9-17(24)20-15-8-5-13(2)11-16(15)23/h3-8,11,23H,9-10H2,1-2H3,(H,20,24). The van der Waals surface area contributed by atoms with Gasteiger partial charge in [0.05, 0.1) is 5.69 Å². The zero-order valence-corrected chi connectivity index (χ0v) is 14.1. The first-order valence-corrected chi connectivity index (χ1v) is 8.00. The van der Waals surface area contributed by atoms with E-state index in [0.717, 1.165) is 16.7 Å². The second kappa shape index (κ2) is 7.17. The van der Waals surface area contributed by atoms with Crippen LogP contribution in [0.15, 0.2) is 47.0 Å². The number of aromatic nitrogens is 2. The molecule has 3 aromatic rings. The third-order valence-corrected chi connectivity index (χ3v) is 3.77. The summed E-state index contributed by atoms with van der Waals surface area (Å²) in [6, 6.07) is 12.9. The maximum Gasteiger partial charge on any atom is 0.227 e. The predicted octanol–water partition coefficient (Wildman–Crippen LogP) is 3.63. The molecule has 0 fully saturated rings. The number of hydrogen-bond acceptors (Lipinski definition) is 5. The Hall–Kier alpha value is -3.15. The van der Waals surface area contributed by atoms with Crippen LogP contribution in [0.5, 0.6) is 5.75 Å². The number of carbonyl (C=O) groups is 1. The van der Waals surface area contributed by atoms with Gasteiger partial charge >= 0.3 is 0 Å². The topological polar surface area (TPSA) is 88.2 Å². The van der Waals surface area contributed by atoms with Gasteiger partial charge in [0, 0.05) is 18.4 Å². The first-order chi connectivity index (χ1) is 12.0. The van der Waals surface area contributed by atoms with E-state index in [1.807, 2.05) is 44.2 Å². The van der Waals surface area contributed by atoms with E-state index in [1.54, 1.807) is 12.1 Å². The lowest BCUT2D eigenvalue weighted by Crippen LogP contribution is -2.12. The molecule has 0 bridgehead atoms. The summed E-state index contributed by atoms with van der Waals surface area (Å²) in [6.07, 6.45) is 0.514. The molecule has 6 heteroatoms. The van der Waals surface area contributed by atoms with E-state index in [9.17, 15) is 9.90 Å². The van der Waals surface area contributed by atoms with Crippen molar-refractivity contribution in [1.29, 1.82) is 0 Å². The maximum atomic E-state index is 12.0. The van der Waals surface area contributed by atoms with Crippen LogP contribution in [0.1, 0.15) is 23.4 Å². The van der Waals surface area contributed by atoms with Gasteiger partial charge in [-0.05, 0) is 31.5 Å². The Morgan fingerprint density at radius 3 is 2.56 bits per heavy atom. The van der Waals surface area contributed by atoms with Crippen molar-refractivity contribution in [2.75, 3.05) is 5.32 Å². The Kier molecular flexibility index (Phi) is 4.79. The molecule has 0 saturated carbocycles. The Labute approximate surface area is 145 Å². The molecule has 2 aromatic carbocycles. The van der Waals surface area contributed by atoms with Gasteiger partial charge in [0.15, 0.2) is 0 Å². The second-order valence-electron chi connectivity index (χ2n) is 5.95. The number of amides is 1. The first-order valence-electron chi connectivity index (χ1n) is 8.00. The molecule has 1 heterocycles. The molecule has 6 nitrogen and oxygen atoms in total. The minimum absolute atomic E-state index is 0.0489. The third kappa shape index (κ3) is 4.23. The van der Waals surface area contributed by atoms with Crippen LogP contribution < -0.4 is 5.32 Å². The average Bonchev–Trinajstić information content (AvgIpc) is 3.05. The fraction of sp³-hybridized carbons (Fsp3) is 0.211. The zero-order valence-electron chi connectivity index (χ0n) is 14.1. The van der Waals surface area contributed by atoms with Crippen LogP contribution in [0.2, 0.25) is 0 Å².